The highest BCUT2D eigenvalue weighted by Gasteiger charge is 2.14. The largest absolute Gasteiger partial charge is 0.495 e. The quantitative estimate of drug-likeness (QED) is 0.848. The van der Waals surface area contributed by atoms with Crippen LogP contribution in [0, 0.1) is 0 Å². The molecular formula is C11H13N3O3. The van der Waals surface area contributed by atoms with E-state index < -0.39 is 6.09 Å². The van der Waals surface area contributed by atoms with Crippen LogP contribution in [0.1, 0.15) is 5.69 Å². The molecule has 1 aliphatic heterocycles. The third-order valence-corrected chi connectivity index (χ3v) is 2.25. The molecule has 0 bridgehead atoms. The van der Waals surface area contributed by atoms with Crippen LogP contribution in [0.3, 0.4) is 0 Å². The number of nitrogens with one attached hydrogen (secondary N) is 1. The molecule has 0 unspecified atom stereocenters. The Morgan fingerprint density at radius 3 is 3.06 bits per heavy atom. The molecule has 0 aromatic carbocycles. The van der Waals surface area contributed by atoms with E-state index in [-0.39, 0.29) is 6.61 Å². The van der Waals surface area contributed by atoms with E-state index >= 15 is 0 Å². The number of carbonyl (C=O) groups is 1. The molecular weight excluding hydrogens is 222 g/mol. The molecule has 2 heterocycles. The van der Waals surface area contributed by atoms with Crippen LogP contribution in [0.4, 0.5) is 4.79 Å². The number of rotatable bonds is 3. The number of ether oxygens (including phenoxy) is 2. The van der Waals surface area contributed by atoms with Crippen LogP contribution in [-0.2, 0) is 11.3 Å². The SMILES string of the molecule is COc1ccc(COC(=O)N2C=CNC2)nc1. The van der Waals surface area contributed by atoms with Crippen molar-refractivity contribution in [1.82, 2.24) is 15.2 Å². The lowest BCUT2D eigenvalue weighted by molar-refractivity contribution is 0.111. The summed E-state index contributed by atoms with van der Waals surface area (Å²) in [4.78, 5) is 17.0. The van der Waals surface area contributed by atoms with Crippen molar-refractivity contribution in [3.05, 3.63) is 36.4 Å². The lowest BCUT2D eigenvalue weighted by atomic mass is 10.3. The van der Waals surface area contributed by atoms with Crippen molar-refractivity contribution in [2.45, 2.75) is 6.61 Å². The standard InChI is InChI=1S/C11H13N3O3/c1-16-10-3-2-9(13-6-10)7-17-11(15)14-5-4-12-8-14/h2-6,12H,7-8H2,1H3. The zero-order valence-corrected chi connectivity index (χ0v) is 9.42. The zero-order valence-electron chi connectivity index (χ0n) is 9.42. The fourth-order valence-corrected chi connectivity index (χ4v) is 1.31. The molecule has 1 N–H and O–H groups in total. The summed E-state index contributed by atoms with van der Waals surface area (Å²) < 4.78 is 10.1. The number of amides is 1. The lowest BCUT2D eigenvalue weighted by Gasteiger charge is -2.12. The van der Waals surface area contributed by atoms with E-state index in [1.165, 1.54) is 4.90 Å². The Morgan fingerprint density at radius 1 is 1.59 bits per heavy atom. The van der Waals surface area contributed by atoms with Crippen molar-refractivity contribution in [1.29, 1.82) is 0 Å². The molecule has 0 saturated heterocycles. The molecule has 0 spiro atoms. The summed E-state index contributed by atoms with van der Waals surface area (Å²) in [5.41, 5.74) is 0.676. The molecule has 0 fully saturated rings. The summed E-state index contributed by atoms with van der Waals surface area (Å²) in [6.45, 7) is 0.585. The van der Waals surface area contributed by atoms with E-state index in [1.54, 1.807) is 37.8 Å². The van der Waals surface area contributed by atoms with Crippen LogP contribution in [0.15, 0.2) is 30.7 Å². The van der Waals surface area contributed by atoms with Gasteiger partial charge in [0.05, 0.1) is 25.7 Å². The van der Waals surface area contributed by atoms with E-state index in [9.17, 15) is 4.79 Å². The molecule has 1 aromatic heterocycles. The van der Waals surface area contributed by atoms with Crippen LogP contribution in [0.5, 0.6) is 5.75 Å². The zero-order chi connectivity index (χ0) is 12.1. The number of hydrogen-bond acceptors (Lipinski definition) is 5. The number of pyridine rings is 1. The van der Waals surface area contributed by atoms with Gasteiger partial charge in [0.1, 0.15) is 12.4 Å². The van der Waals surface area contributed by atoms with Crippen molar-refractivity contribution in [2.24, 2.45) is 0 Å². The fourth-order valence-electron chi connectivity index (χ4n) is 1.31. The highest BCUT2D eigenvalue weighted by molar-refractivity contribution is 5.69. The van der Waals surface area contributed by atoms with Gasteiger partial charge in [0.25, 0.3) is 0 Å². The lowest BCUT2D eigenvalue weighted by Crippen LogP contribution is -2.28. The first-order valence-corrected chi connectivity index (χ1v) is 5.12. The van der Waals surface area contributed by atoms with E-state index in [1.807, 2.05) is 0 Å². The Labute approximate surface area is 98.8 Å². The smallest absolute Gasteiger partial charge is 0.415 e. The van der Waals surface area contributed by atoms with Crippen LogP contribution in [0.25, 0.3) is 0 Å². The van der Waals surface area contributed by atoms with Gasteiger partial charge in [-0.2, -0.15) is 0 Å². The average Bonchev–Trinajstić information content (AvgIpc) is 2.90. The predicted octanol–water partition coefficient (Wildman–Crippen LogP) is 1.06. The summed E-state index contributed by atoms with van der Waals surface area (Å²) in [6, 6.07) is 3.53. The Balaban J connectivity index is 1.84. The van der Waals surface area contributed by atoms with Crippen molar-refractivity contribution < 1.29 is 14.3 Å². The average molecular weight is 235 g/mol. The van der Waals surface area contributed by atoms with E-state index in [0.29, 0.717) is 18.1 Å². The van der Waals surface area contributed by atoms with Crippen molar-refractivity contribution in [3.63, 3.8) is 0 Å². The first-order chi connectivity index (χ1) is 8.29. The molecule has 1 amide bonds. The summed E-state index contributed by atoms with van der Waals surface area (Å²) in [5.74, 6) is 0.673. The highest BCUT2D eigenvalue weighted by Crippen LogP contribution is 2.09. The minimum atomic E-state index is -0.399. The second-order valence-electron chi connectivity index (χ2n) is 3.39. The van der Waals surface area contributed by atoms with E-state index in [2.05, 4.69) is 10.3 Å². The number of methoxy groups -OCH3 is 1. The molecule has 2 rings (SSSR count). The summed E-state index contributed by atoms with van der Waals surface area (Å²) >= 11 is 0. The van der Waals surface area contributed by atoms with E-state index in [4.69, 9.17) is 9.47 Å². The number of carbonyl (C=O) groups excluding carboxylic acids is 1. The Bertz CT molecular complexity index is 416. The Kier molecular flexibility index (Phi) is 3.44. The normalized spacial score (nSPS) is 13.4. The molecule has 17 heavy (non-hydrogen) atoms. The number of aromatic nitrogens is 1. The van der Waals surface area contributed by atoms with Crippen molar-refractivity contribution in [3.8, 4) is 5.75 Å². The van der Waals surface area contributed by atoms with Gasteiger partial charge in [-0.15, -0.1) is 0 Å². The molecule has 0 radical (unpaired) electrons. The van der Waals surface area contributed by atoms with Gasteiger partial charge >= 0.3 is 6.09 Å². The van der Waals surface area contributed by atoms with Crippen LogP contribution < -0.4 is 10.1 Å². The third-order valence-electron chi connectivity index (χ3n) is 2.25. The first-order valence-electron chi connectivity index (χ1n) is 5.12. The maximum absolute atomic E-state index is 11.5. The summed E-state index contributed by atoms with van der Waals surface area (Å²) in [7, 11) is 1.57. The van der Waals surface area contributed by atoms with Crippen LogP contribution >= 0.6 is 0 Å². The van der Waals surface area contributed by atoms with Crippen LogP contribution in [0.2, 0.25) is 0 Å². The number of hydrogen-bond donors (Lipinski definition) is 1. The molecule has 0 atom stereocenters. The Hall–Kier alpha value is -2.24. The highest BCUT2D eigenvalue weighted by atomic mass is 16.6. The maximum Gasteiger partial charge on any atom is 0.415 e. The van der Waals surface area contributed by atoms with Crippen molar-refractivity contribution >= 4 is 6.09 Å². The first kappa shape index (κ1) is 11.3. The Morgan fingerprint density at radius 2 is 2.47 bits per heavy atom. The third kappa shape index (κ3) is 2.87. The molecule has 0 aliphatic carbocycles. The topological polar surface area (TPSA) is 63.7 Å². The molecule has 90 valence electrons. The maximum atomic E-state index is 11.5. The minimum Gasteiger partial charge on any atom is -0.495 e. The fraction of sp³-hybridized carbons (Fsp3) is 0.273. The van der Waals surface area contributed by atoms with Gasteiger partial charge in [0.2, 0.25) is 0 Å². The van der Waals surface area contributed by atoms with Gasteiger partial charge in [0, 0.05) is 12.4 Å². The second kappa shape index (κ2) is 5.20. The van der Waals surface area contributed by atoms with Crippen LogP contribution in [-0.4, -0.2) is 29.8 Å². The molecule has 1 aliphatic rings. The summed E-state index contributed by atoms with van der Waals surface area (Å²) in [6.07, 6.45) is 4.50. The molecule has 6 heteroatoms. The second-order valence-corrected chi connectivity index (χ2v) is 3.39. The van der Waals surface area contributed by atoms with Crippen molar-refractivity contribution in [2.75, 3.05) is 13.8 Å². The van der Waals surface area contributed by atoms with Gasteiger partial charge in [-0.25, -0.2) is 4.79 Å². The van der Waals surface area contributed by atoms with Gasteiger partial charge < -0.3 is 14.8 Å². The number of nitrogens with zero attached hydrogens (tertiary/aromatic N) is 2. The molecule has 6 nitrogen and oxygen atoms in total. The molecule has 1 aromatic rings. The minimum absolute atomic E-state index is 0.146. The van der Waals surface area contributed by atoms with Gasteiger partial charge in [0.15, 0.2) is 0 Å². The van der Waals surface area contributed by atoms with E-state index in [0.717, 1.165) is 0 Å². The summed E-state index contributed by atoms with van der Waals surface area (Å²) in [5, 5.41) is 2.88. The van der Waals surface area contributed by atoms with Gasteiger partial charge in [-0.05, 0) is 12.1 Å². The monoisotopic (exact) mass is 235 g/mol. The predicted molar refractivity (Wildman–Crippen MR) is 60.0 cm³/mol. The van der Waals surface area contributed by atoms with Gasteiger partial charge in [-0.1, -0.05) is 0 Å². The molecule has 0 saturated carbocycles. The van der Waals surface area contributed by atoms with Gasteiger partial charge in [-0.3, -0.25) is 9.88 Å².